The highest BCUT2D eigenvalue weighted by Gasteiger charge is 2.08. The quantitative estimate of drug-likeness (QED) is 0.632. The van der Waals surface area contributed by atoms with Gasteiger partial charge >= 0.3 is 5.76 Å². The van der Waals surface area contributed by atoms with Gasteiger partial charge in [0.2, 0.25) is 0 Å². The maximum absolute atomic E-state index is 13.3. The zero-order chi connectivity index (χ0) is 15.8. The van der Waals surface area contributed by atoms with E-state index in [4.69, 9.17) is 0 Å². The van der Waals surface area contributed by atoms with Crippen molar-refractivity contribution in [2.24, 2.45) is 0 Å². The van der Waals surface area contributed by atoms with Gasteiger partial charge in [0.1, 0.15) is 5.82 Å². The minimum atomic E-state index is -0.588. The third-order valence-corrected chi connectivity index (χ3v) is 3.73. The summed E-state index contributed by atoms with van der Waals surface area (Å²) < 4.78 is 19.9. The Balaban J connectivity index is 1.77. The van der Waals surface area contributed by atoms with Gasteiger partial charge in [0.05, 0.1) is 0 Å². The number of hydrogen-bond donors (Lipinski definition) is 1. The molecule has 5 nitrogen and oxygen atoms in total. The van der Waals surface area contributed by atoms with Gasteiger partial charge < -0.3 is 4.57 Å². The van der Waals surface area contributed by atoms with Crippen LogP contribution in [0.4, 0.5) is 4.39 Å². The second-order valence-corrected chi connectivity index (χ2v) is 5.29. The Morgan fingerprint density at radius 1 is 1.17 bits per heavy atom. The summed E-state index contributed by atoms with van der Waals surface area (Å²) in [5.74, 6) is -0.453. The van der Waals surface area contributed by atoms with E-state index in [-0.39, 0.29) is 5.82 Å². The first-order chi connectivity index (χ1) is 11.2. The summed E-state index contributed by atoms with van der Waals surface area (Å²) in [6, 6.07) is 14.2. The van der Waals surface area contributed by atoms with E-state index in [1.807, 2.05) is 41.1 Å². The second-order valence-electron chi connectivity index (χ2n) is 5.29. The minimum absolute atomic E-state index is 0.250. The number of benzene rings is 2. The smallest absolute Gasteiger partial charge is 0.343 e. The summed E-state index contributed by atoms with van der Waals surface area (Å²) in [6.07, 6.45) is 1.95. The molecule has 0 spiro atoms. The topological polar surface area (TPSA) is 63.8 Å². The van der Waals surface area contributed by atoms with Crippen LogP contribution in [0.3, 0.4) is 0 Å². The van der Waals surface area contributed by atoms with Crippen molar-refractivity contribution in [1.29, 1.82) is 0 Å². The van der Waals surface area contributed by atoms with Crippen molar-refractivity contribution in [3.8, 4) is 11.4 Å². The van der Waals surface area contributed by atoms with Crippen LogP contribution in [0.15, 0.2) is 64.0 Å². The lowest BCUT2D eigenvalue weighted by Gasteiger charge is -2.07. The van der Waals surface area contributed by atoms with Crippen LogP contribution in [0.1, 0.15) is 5.56 Å². The molecule has 0 unspecified atom stereocenters. The molecule has 0 amide bonds. The average molecular weight is 309 g/mol. The fraction of sp³-hybridized carbons (Fsp3) is 0.0588. The molecule has 23 heavy (non-hydrogen) atoms. The third-order valence-electron chi connectivity index (χ3n) is 3.73. The Labute approximate surface area is 130 Å². The standard InChI is InChI=1S/C17H12FN3O2/c18-14-3-1-2-11(8-14)10-21-7-6-12-4-5-13(9-15(12)21)16-19-17(22)23-20-16/h1-9H,10H2,(H,19,20,22). The number of nitrogens with one attached hydrogen (secondary N) is 1. The molecule has 0 aliphatic rings. The van der Waals surface area contributed by atoms with Crippen LogP contribution in [-0.2, 0) is 6.54 Å². The van der Waals surface area contributed by atoms with E-state index >= 15 is 0 Å². The van der Waals surface area contributed by atoms with Crippen molar-refractivity contribution >= 4 is 10.9 Å². The van der Waals surface area contributed by atoms with E-state index in [2.05, 4.69) is 14.7 Å². The van der Waals surface area contributed by atoms with E-state index in [1.54, 1.807) is 6.07 Å². The first kappa shape index (κ1) is 13.5. The predicted octanol–water partition coefficient (Wildman–Crippen LogP) is 3.17. The fourth-order valence-electron chi connectivity index (χ4n) is 2.66. The number of H-pyrrole nitrogens is 1. The SMILES string of the molecule is O=c1[nH]c(-c2ccc3ccn(Cc4cccc(F)c4)c3c2)no1. The maximum Gasteiger partial charge on any atom is 0.439 e. The molecule has 0 saturated carbocycles. The zero-order valence-corrected chi connectivity index (χ0v) is 12.0. The molecule has 0 radical (unpaired) electrons. The van der Waals surface area contributed by atoms with Gasteiger partial charge in [-0.2, -0.15) is 0 Å². The summed E-state index contributed by atoms with van der Waals surface area (Å²) in [4.78, 5) is 13.6. The molecule has 4 aromatic rings. The normalized spacial score (nSPS) is 11.2. The lowest BCUT2D eigenvalue weighted by molar-refractivity contribution is 0.388. The number of aromatic amines is 1. The number of hydrogen-bond acceptors (Lipinski definition) is 3. The van der Waals surface area contributed by atoms with Crippen LogP contribution >= 0.6 is 0 Å². The lowest BCUT2D eigenvalue weighted by atomic mass is 10.1. The van der Waals surface area contributed by atoms with Crippen LogP contribution in [0.5, 0.6) is 0 Å². The van der Waals surface area contributed by atoms with Gasteiger partial charge in [-0.3, -0.25) is 9.51 Å². The zero-order valence-electron chi connectivity index (χ0n) is 12.0. The summed E-state index contributed by atoms with van der Waals surface area (Å²) in [7, 11) is 0. The summed E-state index contributed by atoms with van der Waals surface area (Å²) in [6.45, 7) is 0.556. The molecular weight excluding hydrogens is 297 g/mol. The van der Waals surface area contributed by atoms with Crippen molar-refractivity contribution in [3.05, 3.63) is 76.7 Å². The van der Waals surface area contributed by atoms with Gasteiger partial charge in [0, 0.05) is 23.8 Å². The van der Waals surface area contributed by atoms with Crippen molar-refractivity contribution < 1.29 is 8.91 Å². The van der Waals surface area contributed by atoms with Crippen LogP contribution in [0.2, 0.25) is 0 Å². The van der Waals surface area contributed by atoms with Gasteiger partial charge in [-0.05, 0) is 35.2 Å². The molecule has 2 heterocycles. The molecule has 0 fully saturated rings. The van der Waals surface area contributed by atoms with Gasteiger partial charge in [-0.1, -0.05) is 29.4 Å². The van der Waals surface area contributed by atoms with Gasteiger partial charge in [-0.25, -0.2) is 9.18 Å². The number of fused-ring (bicyclic) bond motifs is 1. The van der Waals surface area contributed by atoms with Crippen LogP contribution in [0, 0.1) is 5.82 Å². The Hall–Kier alpha value is -3.15. The van der Waals surface area contributed by atoms with E-state index in [0.717, 1.165) is 22.0 Å². The molecule has 0 bridgehead atoms. The molecule has 0 aliphatic heterocycles. The number of halogens is 1. The largest absolute Gasteiger partial charge is 0.439 e. The van der Waals surface area contributed by atoms with Crippen molar-refractivity contribution in [3.63, 3.8) is 0 Å². The number of rotatable bonds is 3. The molecule has 6 heteroatoms. The third kappa shape index (κ3) is 2.55. The fourth-order valence-corrected chi connectivity index (χ4v) is 2.66. The van der Waals surface area contributed by atoms with Crippen LogP contribution < -0.4 is 5.76 Å². The molecule has 0 aliphatic carbocycles. The van der Waals surface area contributed by atoms with Gasteiger partial charge in [-0.15, -0.1) is 0 Å². The van der Waals surface area contributed by atoms with Gasteiger partial charge in [0.25, 0.3) is 0 Å². The molecule has 2 aromatic carbocycles. The number of aromatic nitrogens is 3. The van der Waals surface area contributed by atoms with E-state index in [1.165, 1.54) is 12.1 Å². The molecule has 4 rings (SSSR count). The Morgan fingerprint density at radius 2 is 2.09 bits per heavy atom. The minimum Gasteiger partial charge on any atom is -0.343 e. The van der Waals surface area contributed by atoms with Gasteiger partial charge in [0.15, 0.2) is 5.82 Å². The van der Waals surface area contributed by atoms with E-state index in [9.17, 15) is 9.18 Å². The molecule has 114 valence electrons. The Bertz CT molecular complexity index is 1050. The highest BCUT2D eigenvalue weighted by Crippen LogP contribution is 2.23. The van der Waals surface area contributed by atoms with Crippen LogP contribution in [0.25, 0.3) is 22.3 Å². The van der Waals surface area contributed by atoms with Crippen molar-refractivity contribution in [1.82, 2.24) is 14.7 Å². The maximum atomic E-state index is 13.3. The Kier molecular flexibility index (Phi) is 3.08. The van der Waals surface area contributed by atoms with E-state index < -0.39 is 5.76 Å². The van der Waals surface area contributed by atoms with Crippen molar-refractivity contribution in [2.75, 3.05) is 0 Å². The summed E-state index contributed by atoms with van der Waals surface area (Å²) >= 11 is 0. The predicted molar refractivity (Wildman–Crippen MR) is 83.6 cm³/mol. The highest BCUT2D eigenvalue weighted by atomic mass is 19.1. The van der Waals surface area contributed by atoms with Crippen LogP contribution in [-0.4, -0.2) is 14.7 Å². The molecule has 0 saturated heterocycles. The lowest BCUT2D eigenvalue weighted by Crippen LogP contribution is -1.98. The molecular formula is C17H12FN3O2. The first-order valence-corrected chi connectivity index (χ1v) is 7.09. The average Bonchev–Trinajstić information content (AvgIpc) is 3.14. The first-order valence-electron chi connectivity index (χ1n) is 7.09. The number of nitrogens with zero attached hydrogens (tertiary/aromatic N) is 2. The monoisotopic (exact) mass is 309 g/mol. The molecule has 0 atom stereocenters. The van der Waals surface area contributed by atoms with E-state index in [0.29, 0.717) is 12.4 Å². The van der Waals surface area contributed by atoms with Crippen molar-refractivity contribution in [2.45, 2.75) is 6.54 Å². The Morgan fingerprint density at radius 3 is 2.87 bits per heavy atom. The molecule has 1 N–H and O–H groups in total. The second kappa shape index (κ2) is 5.24. The summed E-state index contributed by atoms with van der Waals surface area (Å²) in [5.41, 5.74) is 2.60. The molecule has 2 aromatic heterocycles. The highest BCUT2D eigenvalue weighted by molar-refractivity contribution is 5.84. The summed E-state index contributed by atoms with van der Waals surface area (Å²) in [5, 5.41) is 4.75.